The third kappa shape index (κ3) is 5.07. The number of aryl methyl sites for hydroxylation is 1. The van der Waals surface area contributed by atoms with Crippen LogP contribution in [0.4, 0.5) is 5.69 Å². The molecule has 29 heavy (non-hydrogen) atoms. The van der Waals surface area contributed by atoms with Crippen LogP contribution in [-0.4, -0.2) is 60.8 Å². The van der Waals surface area contributed by atoms with Gasteiger partial charge in [-0.15, -0.1) is 0 Å². The number of carbonyl (C=O) groups excluding carboxylic acids is 2. The molecule has 1 saturated heterocycles. The first-order valence-corrected chi connectivity index (χ1v) is 10.5. The largest absolute Gasteiger partial charge is 0.369 e. The van der Waals surface area contributed by atoms with Gasteiger partial charge in [0.2, 0.25) is 0 Å². The predicted octanol–water partition coefficient (Wildman–Crippen LogP) is 3.03. The monoisotopic (exact) mass is 396 g/mol. The summed E-state index contributed by atoms with van der Waals surface area (Å²) in [6, 6.07) is 10.5. The molecule has 1 aliphatic rings. The van der Waals surface area contributed by atoms with E-state index in [1.54, 1.807) is 6.92 Å². The van der Waals surface area contributed by atoms with Gasteiger partial charge in [-0.05, 0) is 50.9 Å². The Kier molecular flexibility index (Phi) is 7.09. The first kappa shape index (κ1) is 21.1. The van der Waals surface area contributed by atoms with E-state index in [1.807, 2.05) is 19.9 Å². The lowest BCUT2D eigenvalue weighted by atomic mass is 10.0. The van der Waals surface area contributed by atoms with Crippen molar-refractivity contribution in [3.8, 4) is 0 Å². The molecule has 0 saturated carbocycles. The Bertz CT molecular complexity index is 836. The molecule has 1 aliphatic heterocycles. The van der Waals surface area contributed by atoms with E-state index in [2.05, 4.69) is 44.4 Å². The topological polar surface area (TPSA) is 68.4 Å². The van der Waals surface area contributed by atoms with Crippen LogP contribution in [0.2, 0.25) is 0 Å². The smallest absolute Gasteiger partial charge is 0.268 e. The van der Waals surface area contributed by atoms with Crippen LogP contribution in [0.15, 0.2) is 30.3 Å². The Balaban J connectivity index is 1.43. The lowest BCUT2D eigenvalue weighted by Gasteiger charge is -2.36. The van der Waals surface area contributed by atoms with Crippen molar-refractivity contribution in [1.29, 1.82) is 0 Å². The molecule has 1 aromatic carbocycles. The van der Waals surface area contributed by atoms with E-state index in [0.29, 0.717) is 24.2 Å². The number of aromatic nitrogens is 1. The lowest BCUT2D eigenvalue weighted by Crippen LogP contribution is -2.47. The van der Waals surface area contributed by atoms with Crippen LogP contribution in [0.5, 0.6) is 0 Å². The summed E-state index contributed by atoms with van der Waals surface area (Å²) < 4.78 is 0. The zero-order valence-corrected chi connectivity index (χ0v) is 17.8. The number of anilines is 1. The van der Waals surface area contributed by atoms with Crippen molar-refractivity contribution < 1.29 is 9.59 Å². The summed E-state index contributed by atoms with van der Waals surface area (Å²) in [7, 11) is 0. The third-order valence-corrected chi connectivity index (χ3v) is 5.65. The van der Waals surface area contributed by atoms with Crippen molar-refractivity contribution >= 4 is 17.4 Å². The molecule has 0 aliphatic carbocycles. The fourth-order valence-corrected chi connectivity index (χ4v) is 4.16. The number of benzene rings is 1. The highest BCUT2D eigenvalue weighted by Crippen LogP contribution is 2.20. The van der Waals surface area contributed by atoms with Crippen LogP contribution in [-0.2, 0) is 6.42 Å². The number of aromatic amines is 1. The van der Waals surface area contributed by atoms with Gasteiger partial charge in [0, 0.05) is 49.7 Å². The summed E-state index contributed by atoms with van der Waals surface area (Å²) in [6.07, 6.45) is 1.57. The van der Waals surface area contributed by atoms with Crippen molar-refractivity contribution in [2.75, 3.05) is 44.2 Å². The third-order valence-electron chi connectivity index (χ3n) is 5.65. The number of carbonyl (C=O) groups is 2. The Labute approximate surface area is 173 Å². The highest BCUT2D eigenvalue weighted by atomic mass is 16.2. The SMILES string of the molecule is CCc1c(C(=O)NCCCN2CCN(c3ccccc3)CC2)[nH]c(C)c1C(C)=O. The minimum absolute atomic E-state index is 0.00398. The molecule has 0 unspecified atom stereocenters. The highest BCUT2D eigenvalue weighted by molar-refractivity contribution is 6.02. The minimum Gasteiger partial charge on any atom is -0.369 e. The average molecular weight is 397 g/mol. The summed E-state index contributed by atoms with van der Waals surface area (Å²) in [6.45, 7) is 11.1. The standard InChI is InChI=1S/C23H32N4O2/c1-4-20-21(18(3)28)17(2)25-22(20)23(29)24-11-8-12-26-13-15-27(16-14-26)19-9-6-5-7-10-19/h5-7,9-10,25H,4,8,11-16H2,1-3H3,(H,24,29). The Morgan fingerprint density at radius 1 is 1.10 bits per heavy atom. The van der Waals surface area contributed by atoms with Crippen molar-refractivity contribution in [2.24, 2.45) is 0 Å². The molecule has 1 aromatic heterocycles. The Hall–Kier alpha value is -2.60. The lowest BCUT2D eigenvalue weighted by molar-refractivity contribution is 0.0946. The number of nitrogens with zero attached hydrogens (tertiary/aromatic N) is 2. The van der Waals surface area contributed by atoms with Crippen molar-refractivity contribution in [1.82, 2.24) is 15.2 Å². The van der Waals surface area contributed by atoms with Gasteiger partial charge in [0.15, 0.2) is 5.78 Å². The molecule has 2 aromatic rings. The van der Waals surface area contributed by atoms with Crippen LogP contribution in [0.1, 0.15) is 52.4 Å². The number of hydrogen-bond donors (Lipinski definition) is 2. The van der Waals surface area contributed by atoms with Crippen molar-refractivity contribution in [3.63, 3.8) is 0 Å². The second-order valence-electron chi connectivity index (χ2n) is 7.66. The molecule has 156 valence electrons. The second-order valence-corrected chi connectivity index (χ2v) is 7.66. The summed E-state index contributed by atoms with van der Waals surface area (Å²) in [4.78, 5) is 32.4. The normalized spacial score (nSPS) is 14.8. The van der Waals surface area contributed by atoms with Gasteiger partial charge in [0.25, 0.3) is 5.91 Å². The summed E-state index contributed by atoms with van der Waals surface area (Å²) >= 11 is 0. The summed E-state index contributed by atoms with van der Waals surface area (Å²) in [5.74, 6) is -0.115. The molecule has 0 radical (unpaired) electrons. The number of H-pyrrole nitrogens is 1. The average Bonchev–Trinajstić information content (AvgIpc) is 3.08. The van der Waals surface area contributed by atoms with Gasteiger partial charge in [0.05, 0.1) is 0 Å². The highest BCUT2D eigenvalue weighted by Gasteiger charge is 2.21. The van der Waals surface area contributed by atoms with Crippen molar-refractivity contribution in [3.05, 3.63) is 52.8 Å². The number of rotatable bonds is 8. The van der Waals surface area contributed by atoms with Crippen LogP contribution < -0.4 is 10.2 Å². The van der Waals surface area contributed by atoms with Gasteiger partial charge in [-0.1, -0.05) is 25.1 Å². The van der Waals surface area contributed by atoms with E-state index in [4.69, 9.17) is 0 Å². The van der Waals surface area contributed by atoms with Gasteiger partial charge in [-0.2, -0.15) is 0 Å². The number of hydrogen-bond acceptors (Lipinski definition) is 4. The number of piperazine rings is 1. The quantitative estimate of drug-likeness (QED) is 0.532. The maximum atomic E-state index is 12.6. The summed E-state index contributed by atoms with van der Waals surface area (Å²) in [5.41, 5.74) is 4.08. The maximum Gasteiger partial charge on any atom is 0.268 e. The summed E-state index contributed by atoms with van der Waals surface area (Å²) in [5, 5.41) is 3.01. The fraction of sp³-hybridized carbons (Fsp3) is 0.478. The first-order chi connectivity index (χ1) is 14.0. The van der Waals surface area contributed by atoms with Crippen LogP contribution in [0.25, 0.3) is 0 Å². The van der Waals surface area contributed by atoms with E-state index in [-0.39, 0.29) is 11.7 Å². The van der Waals surface area contributed by atoms with Crippen LogP contribution in [0, 0.1) is 6.92 Å². The number of ketones is 1. The minimum atomic E-state index is -0.119. The number of Topliss-reactive ketones (excluding diaryl/α,β-unsaturated/α-hetero) is 1. The van der Waals surface area contributed by atoms with Gasteiger partial charge >= 0.3 is 0 Å². The molecular weight excluding hydrogens is 364 g/mol. The van der Waals surface area contributed by atoms with Gasteiger partial charge in [0.1, 0.15) is 5.69 Å². The van der Waals surface area contributed by atoms with Crippen LogP contribution in [0.3, 0.4) is 0 Å². The molecule has 1 amide bonds. The Morgan fingerprint density at radius 3 is 2.41 bits per heavy atom. The van der Waals surface area contributed by atoms with Crippen molar-refractivity contribution in [2.45, 2.75) is 33.6 Å². The zero-order chi connectivity index (χ0) is 20.8. The molecule has 1 fully saturated rings. The predicted molar refractivity (Wildman–Crippen MR) is 117 cm³/mol. The van der Waals surface area contributed by atoms with E-state index in [0.717, 1.165) is 50.4 Å². The van der Waals surface area contributed by atoms with Crippen LogP contribution >= 0.6 is 0 Å². The zero-order valence-electron chi connectivity index (χ0n) is 17.8. The molecule has 6 heteroatoms. The number of para-hydroxylation sites is 1. The molecule has 0 bridgehead atoms. The Morgan fingerprint density at radius 2 is 1.79 bits per heavy atom. The second kappa shape index (κ2) is 9.74. The molecule has 0 atom stereocenters. The number of nitrogens with one attached hydrogen (secondary N) is 2. The van der Waals surface area contributed by atoms with E-state index in [9.17, 15) is 9.59 Å². The van der Waals surface area contributed by atoms with Gasteiger partial charge < -0.3 is 15.2 Å². The molecular formula is C23H32N4O2. The first-order valence-electron chi connectivity index (χ1n) is 10.5. The van der Waals surface area contributed by atoms with Gasteiger partial charge in [-0.3, -0.25) is 14.5 Å². The molecule has 2 N–H and O–H groups in total. The molecule has 6 nitrogen and oxygen atoms in total. The number of amides is 1. The molecule has 2 heterocycles. The van der Waals surface area contributed by atoms with E-state index in [1.165, 1.54) is 5.69 Å². The van der Waals surface area contributed by atoms with E-state index >= 15 is 0 Å². The van der Waals surface area contributed by atoms with E-state index < -0.39 is 0 Å². The maximum absolute atomic E-state index is 12.6. The molecule has 3 rings (SSSR count). The van der Waals surface area contributed by atoms with Gasteiger partial charge in [-0.25, -0.2) is 0 Å². The molecule has 0 spiro atoms. The fourth-order valence-electron chi connectivity index (χ4n) is 4.16.